The summed E-state index contributed by atoms with van der Waals surface area (Å²) in [6, 6.07) is 3.44. The van der Waals surface area contributed by atoms with Crippen LogP contribution in [0.25, 0.3) is 0 Å². The number of aromatic nitrogens is 2. The summed E-state index contributed by atoms with van der Waals surface area (Å²) in [6.07, 6.45) is 1.25. The second-order valence-corrected chi connectivity index (χ2v) is 4.68. The summed E-state index contributed by atoms with van der Waals surface area (Å²) in [7, 11) is 0. The molecule has 0 saturated carbocycles. The van der Waals surface area contributed by atoms with Crippen molar-refractivity contribution in [2.24, 2.45) is 0 Å². The third kappa shape index (κ3) is 2.59. The second-order valence-electron chi connectivity index (χ2n) is 3.53. The molecule has 0 N–H and O–H groups in total. The van der Waals surface area contributed by atoms with Gasteiger partial charge in [0.05, 0.1) is 12.9 Å². The predicted octanol–water partition coefficient (Wildman–Crippen LogP) is 2.99. The lowest BCUT2D eigenvalue weighted by Crippen LogP contribution is -2.22. The van der Waals surface area contributed by atoms with Gasteiger partial charge in [-0.2, -0.15) is 0 Å². The van der Waals surface area contributed by atoms with E-state index in [2.05, 4.69) is 20.9 Å². The Balaban J connectivity index is 2.37. The lowest BCUT2D eigenvalue weighted by molar-refractivity contribution is 0.506. The lowest BCUT2D eigenvalue weighted by Gasteiger charge is -2.06. The molecule has 3 nitrogen and oxygen atoms in total. The highest BCUT2D eigenvalue weighted by atomic mass is 79.9. The van der Waals surface area contributed by atoms with E-state index in [1.165, 1.54) is 17.0 Å². The van der Waals surface area contributed by atoms with E-state index in [1.807, 2.05) is 0 Å². The highest BCUT2D eigenvalue weighted by Crippen LogP contribution is 2.14. The molecule has 18 heavy (non-hydrogen) atoms. The average Bonchev–Trinajstić information content (AvgIpc) is 2.34. The monoisotopic (exact) mass is 334 g/mol. The minimum atomic E-state index is -0.957. The van der Waals surface area contributed by atoms with E-state index in [1.54, 1.807) is 0 Å². The summed E-state index contributed by atoms with van der Waals surface area (Å²) in [6.45, 7) is 0.0821. The Morgan fingerprint density at radius 1 is 1.33 bits per heavy atom. The molecule has 2 aromatic rings. The second kappa shape index (κ2) is 5.16. The minimum absolute atomic E-state index is 0.0570. The summed E-state index contributed by atoms with van der Waals surface area (Å²) < 4.78 is 27.1. The quantitative estimate of drug-likeness (QED) is 0.791. The SMILES string of the molecule is O=c1c(Br)c(Cl)ncn1Cc1ccc(F)c(F)c1. The first kappa shape index (κ1) is 13.2. The summed E-state index contributed by atoms with van der Waals surface area (Å²) in [5.41, 5.74) is 0.0618. The average molecular weight is 336 g/mol. The van der Waals surface area contributed by atoms with Crippen molar-refractivity contribution in [3.63, 3.8) is 0 Å². The van der Waals surface area contributed by atoms with Gasteiger partial charge in [-0.05, 0) is 33.6 Å². The summed E-state index contributed by atoms with van der Waals surface area (Å²) in [5, 5.41) is 0.0570. The summed E-state index contributed by atoms with van der Waals surface area (Å²) in [4.78, 5) is 15.6. The normalized spacial score (nSPS) is 10.7. The number of benzene rings is 1. The number of nitrogens with zero attached hydrogens (tertiary/aromatic N) is 2. The summed E-state index contributed by atoms with van der Waals surface area (Å²) >= 11 is 8.66. The maximum absolute atomic E-state index is 13.0. The lowest BCUT2D eigenvalue weighted by atomic mass is 10.2. The van der Waals surface area contributed by atoms with E-state index in [4.69, 9.17) is 11.6 Å². The van der Waals surface area contributed by atoms with Gasteiger partial charge in [0, 0.05) is 0 Å². The standard InChI is InChI=1S/C11H6BrClF2N2O/c12-9-10(13)16-5-17(11(9)18)4-6-1-2-7(14)8(15)3-6/h1-3,5H,4H2. The molecule has 0 radical (unpaired) electrons. The van der Waals surface area contributed by atoms with Gasteiger partial charge in [0.25, 0.3) is 5.56 Å². The molecule has 0 aliphatic carbocycles. The zero-order valence-corrected chi connectivity index (χ0v) is 11.2. The predicted molar refractivity (Wildman–Crippen MR) is 66.7 cm³/mol. The fourth-order valence-corrected chi connectivity index (χ4v) is 1.85. The molecule has 7 heteroatoms. The van der Waals surface area contributed by atoms with Gasteiger partial charge in [0.2, 0.25) is 0 Å². The Labute approximate surface area is 114 Å². The zero-order chi connectivity index (χ0) is 13.3. The molecule has 0 unspecified atom stereocenters. The zero-order valence-electron chi connectivity index (χ0n) is 8.83. The van der Waals surface area contributed by atoms with Crippen LogP contribution in [0.15, 0.2) is 33.8 Å². The van der Waals surface area contributed by atoms with Crippen LogP contribution in [0.2, 0.25) is 5.15 Å². The van der Waals surface area contributed by atoms with Crippen LogP contribution in [0.3, 0.4) is 0 Å². The molecule has 0 spiro atoms. The van der Waals surface area contributed by atoms with E-state index in [0.717, 1.165) is 12.1 Å². The molecular weight excluding hydrogens is 329 g/mol. The van der Waals surface area contributed by atoms with E-state index in [9.17, 15) is 13.6 Å². The maximum Gasteiger partial charge on any atom is 0.269 e. The fourth-order valence-electron chi connectivity index (χ4n) is 1.39. The first-order valence-corrected chi connectivity index (χ1v) is 6.00. The van der Waals surface area contributed by atoms with Gasteiger partial charge in [-0.3, -0.25) is 9.36 Å². The van der Waals surface area contributed by atoms with Crippen molar-refractivity contribution in [2.45, 2.75) is 6.54 Å². The fraction of sp³-hybridized carbons (Fsp3) is 0.0909. The highest BCUT2D eigenvalue weighted by molar-refractivity contribution is 9.10. The highest BCUT2D eigenvalue weighted by Gasteiger charge is 2.08. The Kier molecular flexibility index (Phi) is 3.77. The van der Waals surface area contributed by atoms with Gasteiger partial charge in [-0.15, -0.1) is 0 Å². The minimum Gasteiger partial charge on any atom is -0.294 e. The molecular formula is C11H6BrClF2N2O. The molecule has 0 bridgehead atoms. The Morgan fingerprint density at radius 3 is 2.72 bits per heavy atom. The third-order valence-electron chi connectivity index (χ3n) is 2.28. The van der Waals surface area contributed by atoms with Crippen LogP contribution >= 0.6 is 27.5 Å². The van der Waals surface area contributed by atoms with Crippen LogP contribution in [-0.2, 0) is 6.54 Å². The van der Waals surface area contributed by atoms with Crippen LogP contribution in [0.5, 0.6) is 0 Å². The van der Waals surface area contributed by atoms with Gasteiger partial charge in [-0.1, -0.05) is 17.7 Å². The first-order chi connectivity index (χ1) is 8.49. The van der Waals surface area contributed by atoms with Crippen molar-refractivity contribution in [1.82, 2.24) is 9.55 Å². The van der Waals surface area contributed by atoms with Crippen LogP contribution in [0.1, 0.15) is 5.56 Å². The molecule has 0 saturated heterocycles. The number of hydrogen-bond donors (Lipinski definition) is 0. The van der Waals surface area contributed by atoms with E-state index in [-0.39, 0.29) is 21.7 Å². The molecule has 0 amide bonds. The van der Waals surface area contributed by atoms with Crippen molar-refractivity contribution in [2.75, 3.05) is 0 Å². The van der Waals surface area contributed by atoms with Crippen molar-refractivity contribution in [1.29, 1.82) is 0 Å². The van der Waals surface area contributed by atoms with Crippen LogP contribution in [0.4, 0.5) is 8.78 Å². The van der Waals surface area contributed by atoms with Gasteiger partial charge >= 0.3 is 0 Å². The Morgan fingerprint density at radius 2 is 2.06 bits per heavy atom. The van der Waals surface area contributed by atoms with Crippen LogP contribution < -0.4 is 5.56 Å². The summed E-state index contributed by atoms with van der Waals surface area (Å²) in [5.74, 6) is -1.89. The van der Waals surface area contributed by atoms with Gasteiger partial charge in [0.1, 0.15) is 4.47 Å². The van der Waals surface area contributed by atoms with Crippen molar-refractivity contribution in [3.05, 3.63) is 61.7 Å². The van der Waals surface area contributed by atoms with Crippen molar-refractivity contribution < 1.29 is 8.78 Å². The maximum atomic E-state index is 13.0. The number of halogens is 4. The van der Waals surface area contributed by atoms with E-state index < -0.39 is 11.6 Å². The van der Waals surface area contributed by atoms with Crippen molar-refractivity contribution >= 4 is 27.5 Å². The molecule has 0 atom stereocenters. The van der Waals surface area contributed by atoms with Gasteiger partial charge in [0.15, 0.2) is 16.8 Å². The topological polar surface area (TPSA) is 34.9 Å². The molecule has 2 rings (SSSR count). The largest absolute Gasteiger partial charge is 0.294 e. The third-order valence-corrected chi connectivity index (χ3v) is 3.51. The first-order valence-electron chi connectivity index (χ1n) is 4.83. The van der Waals surface area contributed by atoms with E-state index in [0.29, 0.717) is 5.56 Å². The van der Waals surface area contributed by atoms with Gasteiger partial charge in [-0.25, -0.2) is 13.8 Å². The smallest absolute Gasteiger partial charge is 0.269 e. The number of hydrogen-bond acceptors (Lipinski definition) is 2. The molecule has 1 aromatic heterocycles. The van der Waals surface area contributed by atoms with E-state index >= 15 is 0 Å². The van der Waals surface area contributed by atoms with Crippen LogP contribution in [0, 0.1) is 11.6 Å². The molecule has 0 aliphatic rings. The molecule has 94 valence electrons. The molecule has 0 fully saturated rings. The number of rotatable bonds is 2. The molecule has 1 aromatic carbocycles. The Hall–Kier alpha value is -1.27. The van der Waals surface area contributed by atoms with Crippen molar-refractivity contribution in [3.8, 4) is 0 Å². The molecule has 0 aliphatic heterocycles. The van der Waals surface area contributed by atoms with Gasteiger partial charge < -0.3 is 0 Å². The Bertz CT molecular complexity index is 660. The van der Waals surface area contributed by atoms with Crippen LogP contribution in [-0.4, -0.2) is 9.55 Å². The molecule has 1 heterocycles.